The van der Waals surface area contributed by atoms with Crippen molar-refractivity contribution in [1.29, 1.82) is 0 Å². The van der Waals surface area contributed by atoms with Crippen molar-refractivity contribution in [2.75, 3.05) is 10.6 Å². The van der Waals surface area contributed by atoms with Gasteiger partial charge in [0, 0.05) is 16.9 Å². The SMILES string of the molecule is O=C(Nc1cccc(NC(=O)c2ccco2)c1)c1ccc(-c2ccccc2)cc1. The molecule has 0 aliphatic heterocycles. The Balaban J connectivity index is 1.44. The first kappa shape index (κ1) is 18.3. The van der Waals surface area contributed by atoms with E-state index in [1.165, 1.54) is 6.26 Å². The van der Waals surface area contributed by atoms with Crippen LogP contribution >= 0.6 is 0 Å². The van der Waals surface area contributed by atoms with E-state index in [9.17, 15) is 9.59 Å². The molecule has 142 valence electrons. The lowest BCUT2D eigenvalue weighted by Gasteiger charge is -2.09. The van der Waals surface area contributed by atoms with Gasteiger partial charge < -0.3 is 15.1 Å². The van der Waals surface area contributed by atoms with Gasteiger partial charge in [-0.15, -0.1) is 0 Å². The van der Waals surface area contributed by atoms with E-state index >= 15 is 0 Å². The Bertz CT molecular complexity index is 1120. The van der Waals surface area contributed by atoms with Gasteiger partial charge in [-0.2, -0.15) is 0 Å². The molecule has 2 amide bonds. The summed E-state index contributed by atoms with van der Waals surface area (Å²) in [5.41, 5.74) is 3.84. The molecular weight excluding hydrogens is 364 g/mol. The van der Waals surface area contributed by atoms with Gasteiger partial charge in [0.25, 0.3) is 11.8 Å². The molecule has 0 fully saturated rings. The standard InChI is InChI=1S/C24H18N2O3/c27-23(19-13-11-18(12-14-19)17-6-2-1-3-7-17)25-20-8-4-9-21(16-20)26-24(28)22-10-5-15-29-22/h1-16H,(H,25,27)(H,26,28). The largest absolute Gasteiger partial charge is 0.459 e. The molecule has 0 spiro atoms. The van der Waals surface area contributed by atoms with Crippen molar-refractivity contribution in [2.24, 2.45) is 0 Å². The lowest BCUT2D eigenvalue weighted by molar-refractivity contribution is 0.0995. The van der Waals surface area contributed by atoms with E-state index in [1.807, 2.05) is 42.5 Å². The molecule has 5 nitrogen and oxygen atoms in total. The minimum Gasteiger partial charge on any atom is -0.459 e. The maximum absolute atomic E-state index is 12.6. The van der Waals surface area contributed by atoms with Gasteiger partial charge in [0.05, 0.1) is 6.26 Å². The highest BCUT2D eigenvalue weighted by molar-refractivity contribution is 6.05. The van der Waals surface area contributed by atoms with Gasteiger partial charge in [-0.05, 0) is 53.6 Å². The number of hydrogen-bond donors (Lipinski definition) is 2. The number of rotatable bonds is 5. The molecule has 0 saturated carbocycles. The molecule has 0 atom stereocenters. The van der Waals surface area contributed by atoms with Gasteiger partial charge in [-0.25, -0.2) is 0 Å². The maximum Gasteiger partial charge on any atom is 0.291 e. The summed E-state index contributed by atoms with van der Waals surface area (Å²) < 4.78 is 5.08. The minimum absolute atomic E-state index is 0.220. The number of benzene rings is 3. The summed E-state index contributed by atoms with van der Waals surface area (Å²) in [6.45, 7) is 0. The number of hydrogen-bond acceptors (Lipinski definition) is 3. The highest BCUT2D eigenvalue weighted by Gasteiger charge is 2.10. The molecule has 0 unspecified atom stereocenters. The summed E-state index contributed by atoms with van der Waals surface area (Å²) in [5, 5.41) is 5.59. The Labute approximate surface area is 168 Å². The second-order valence-corrected chi connectivity index (χ2v) is 6.41. The fourth-order valence-corrected chi connectivity index (χ4v) is 2.92. The van der Waals surface area contributed by atoms with Crippen molar-refractivity contribution in [2.45, 2.75) is 0 Å². The van der Waals surface area contributed by atoms with Crippen molar-refractivity contribution < 1.29 is 14.0 Å². The first-order chi connectivity index (χ1) is 14.2. The zero-order chi connectivity index (χ0) is 20.1. The van der Waals surface area contributed by atoms with Crippen molar-refractivity contribution in [3.8, 4) is 11.1 Å². The van der Waals surface area contributed by atoms with Gasteiger partial charge in [0.2, 0.25) is 0 Å². The van der Waals surface area contributed by atoms with Gasteiger partial charge in [0.1, 0.15) is 0 Å². The topological polar surface area (TPSA) is 71.3 Å². The number of carbonyl (C=O) groups is 2. The summed E-state index contributed by atoms with van der Waals surface area (Å²) >= 11 is 0. The zero-order valence-electron chi connectivity index (χ0n) is 15.5. The molecule has 0 aliphatic rings. The van der Waals surface area contributed by atoms with Crippen LogP contribution in [0.5, 0.6) is 0 Å². The third-order valence-electron chi connectivity index (χ3n) is 4.38. The first-order valence-corrected chi connectivity index (χ1v) is 9.11. The molecule has 4 rings (SSSR count). The number of carbonyl (C=O) groups excluding carboxylic acids is 2. The minimum atomic E-state index is -0.352. The molecule has 0 radical (unpaired) electrons. The summed E-state index contributed by atoms with van der Waals surface area (Å²) in [5.74, 6) is -0.355. The molecule has 5 heteroatoms. The fourth-order valence-electron chi connectivity index (χ4n) is 2.92. The maximum atomic E-state index is 12.6. The Hall–Kier alpha value is -4.12. The highest BCUT2D eigenvalue weighted by atomic mass is 16.3. The van der Waals surface area contributed by atoms with Crippen LogP contribution in [0.4, 0.5) is 11.4 Å². The Morgan fingerprint density at radius 2 is 1.28 bits per heavy atom. The van der Waals surface area contributed by atoms with E-state index in [1.54, 1.807) is 48.5 Å². The van der Waals surface area contributed by atoms with E-state index in [4.69, 9.17) is 4.42 Å². The van der Waals surface area contributed by atoms with Crippen molar-refractivity contribution in [1.82, 2.24) is 0 Å². The van der Waals surface area contributed by atoms with Crippen molar-refractivity contribution in [3.05, 3.63) is 109 Å². The number of amides is 2. The second kappa shape index (κ2) is 8.27. The smallest absolute Gasteiger partial charge is 0.291 e. The lowest BCUT2D eigenvalue weighted by atomic mass is 10.0. The average molecular weight is 382 g/mol. The molecule has 3 aromatic carbocycles. The Morgan fingerprint density at radius 3 is 1.93 bits per heavy atom. The quantitative estimate of drug-likeness (QED) is 0.482. The van der Waals surface area contributed by atoms with Gasteiger partial charge in [-0.3, -0.25) is 9.59 Å². The van der Waals surface area contributed by atoms with E-state index in [-0.39, 0.29) is 17.6 Å². The number of furan rings is 1. The molecule has 0 bridgehead atoms. The second-order valence-electron chi connectivity index (χ2n) is 6.41. The molecule has 1 aromatic heterocycles. The predicted molar refractivity (Wildman–Crippen MR) is 113 cm³/mol. The van der Waals surface area contributed by atoms with E-state index in [2.05, 4.69) is 10.6 Å². The highest BCUT2D eigenvalue weighted by Crippen LogP contribution is 2.21. The summed E-state index contributed by atoms with van der Waals surface area (Å²) in [7, 11) is 0. The van der Waals surface area contributed by atoms with Crippen molar-refractivity contribution >= 4 is 23.2 Å². The summed E-state index contributed by atoms with van der Waals surface area (Å²) in [6.07, 6.45) is 1.44. The first-order valence-electron chi connectivity index (χ1n) is 9.11. The van der Waals surface area contributed by atoms with Crippen LogP contribution in [0.1, 0.15) is 20.9 Å². The number of nitrogens with one attached hydrogen (secondary N) is 2. The van der Waals surface area contributed by atoms with Crippen LogP contribution in [0, 0.1) is 0 Å². The van der Waals surface area contributed by atoms with Crippen LogP contribution in [-0.2, 0) is 0 Å². The third-order valence-corrected chi connectivity index (χ3v) is 4.38. The van der Waals surface area contributed by atoms with Crippen LogP contribution in [-0.4, -0.2) is 11.8 Å². The van der Waals surface area contributed by atoms with Gasteiger partial charge >= 0.3 is 0 Å². The Morgan fingerprint density at radius 1 is 0.621 bits per heavy atom. The third kappa shape index (κ3) is 4.42. The lowest BCUT2D eigenvalue weighted by Crippen LogP contribution is -2.13. The molecule has 2 N–H and O–H groups in total. The van der Waals surface area contributed by atoms with Crippen LogP contribution in [0.25, 0.3) is 11.1 Å². The van der Waals surface area contributed by atoms with Gasteiger partial charge in [0.15, 0.2) is 5.76 Å². The molecule has 29 heavy (non-hydrogen) atoms. The van der Waals surface area contributed by atoms with Gasteiger partial charge in [-0.1, -0.05) is 48.5 Å². The molecule has 1 heterocycles. The summed E-state index contributed by atoms with van der Waals surface area (Å²) in [4.78, 5) is 24.7. The zero-order valence-corrected chi connectivity index (χ0v) is 15.5. The predicted octanol–water partition coefficient (Wildman–Crippen LogP) is 5.45. The Kier molecular flexibility index (Phi) is 5.21. The molecular formula is C24H18N2O3. The normalized spacial score (nSPS) is 10.3. The van der Waals surface area contributed by atoms with E-state index in [0.29, 0.717) is 16.9 Å². The van der Waals surface area contributed by atoms with E-state index in [0.717, 1.165) is 11.1 Å². The van der Waals surface area contributed by atoms with Crippen LogP contribution in [0.3, 0.4) is 0 Å². The average Bonchev–Trinajstić information content (AvgIpc) is 3.30. The van der Waals surface area contributed by atoms with E-state index < -0.39 is 0 Å². The molecule has 4 aromatic rings. The monoisotopic (exact) mass is 382 g/mol. The fraction of sp³-hybridized carbons (Fsp3) is 0. The van der Waals surface area contributed by atoms with Crippen LogP contribution in [0.15, 0.2) is 102 Å². The van der Waals surface area contributed by atoms with Crippen LogP contribution in [0.2, 0.25) is 0 Å². The van der Waals surface area contributed by atoms with Crippen LogP contribution < -0.4 is 10.6 Å². The number of anilines is 2. The summed E-state index contributed by atoms with van der Waals surface area (Å²) in [6, 6.07) is 27.6. The van der Waals surface area contributed by atoms with Crippen molar-refractivity contribution in [3.63, 3.8) is 0 Å². The molecule has 0 aliphatic carbocycles. The molecule has 0 saturated heterocycles.